The maximum atomic E-state index is 12.8. The minimum absolute atomic E-state index is 0.294. The Hall–Kier alpha value is -3.11. The van der Waals surface area contributed by atoms with Crippen LogP contribution in [0.1, 0.15) is 15.9 Å². The van der Waals surface area contributed by atoms with Crippen LogP contribution in [0.5, 0.6) is 0 Å². The molecule has 3 rings (SSSR count). The van der Waals surface area contributed by atoms with Crippen LogP contribution in [-0.4, -0.2) is 17.9 Å². The lowest BCUT2D eigenvalue weighted by molar-refractivity contribution is -0.118. The van der Waals surface area contributed by atoms with E-state index in [0.29, 0.717) is 22.7 Å². The van der Waals surface area contributed by atoms with E-state index in [2.05, 4.69) is 10.6 Å². The molecule has 0 saturated carbocycles. The summed E-state index contributed by atoms with van der Waals surface area (Å²) in [4.78, 5) is 25.4. The number of amides is 2. The maximum absolute atomic E-state index is 12.8. The van der Waals surface area contributed by atoms with Crippen molar-refractivity contribution in [3.8, 4) is 0 Å². The van der Waals surface area contributed by atoms with Gasteiger partial charge < -0.3 is 10.6 Å². The molecule has 2 N–H and O–H groups in total. The summed E-state index contributed by atoms with van der Waals surface area (Å²) in [6, 6.07) is 24.6. The largest absolute Gasteiger partial charge is 0.340 e. The Kier molecular flexibility index (Phi) is 6.23. The van der Waals surface area contributed by atoms with Crippen LogP contribution in [0.15, 0.2) is 84.9 Å². The molecule has 0 aliphatic carbocycles. The van der Waals surface area contributed by atoms with E-state index in [9.17, 15) is 9.59 Å². The van der Waals surface area contributed by atoms with Gasteiger partial charge in [-0.1, -0.05) is 66.2 Å². The standard InChI is InChI=1S/C22H19ClN2O2/c23-18-12-7-13-19(15-18)24-22(27)20(14-16-8-3-1-4-9-16)25-21(26)17-10-5-2-6-11-17/h1-13,15,20H,14H2,(H,24,27)(H,25,26). The summed E-state index contributed by atoms with van der Waals surface area (Å²) < 4.78 is 0. The highest BCUT2D eigenvalue weighted by Crippen LogP contribution is 2.16. The van der Waals surface area contributed by atoms with Crippen molar-refractivity contribution in [2.45, 2.75) is 12.5 Å². The van der Waals surface area contributed by atoms with Crippen LogP contribution in [0.3, 0.4) is 0 Å². The molecule has 5 heteroatoms. The molecule has 1 unspecified atom stereocenters. The van der Waals surface area contributed by atoms with Crippen LogP contribution in [0.4, 0.5) is 5.69 Å². The molecule has 0 fully saturated rings. The van der Waals surface area contributed by atoms with Gasteiger partial charge in [-0.3, -0.25) is 9.59 Å². The van der Waals surface area contributed by atoms with E-state index in [0.717, 1.165) is 5.56 Å². The molecule has 0 saturated heterocycles. The highest BCUT2D eigenvalue weighted by molar-refractivity contribution is 6.30. The smallest absolute Gasteiger partial charge is 0.251 e. The fourth-order valence-corrected chi connectivity index (χ4v) is 2.88. The number of benzene rings is 3. The van der Waals surface area contributed by atoms with Gasteiger partial charge in [-0.25, -0.2) is 0 Å². The van der Waals surface area contributed by atoms with Gasteiger partial charge in [0.15, 0.2) is 0 Å². The van der Waals surface area contributed by atoms with E-state index < -0.39 is 6.04 Å². The van der Waals surface area contributed by atoms with Crippen molar-refractivity contribution in [1.29, 1.82) is 0 Å². The predicted octanol–water partition coefficient (Wildman–Crippen LogP) is 4.32. The number of carbonyl (C=O) groups is 2. The van der Waals surface area contributed by atoms with Gasteiger partial charge in [-0.15, -0.1) is 0 Å². The Morgan fingerprint density at radius 1 is 0.852 bits per heavy atom. The first-order valence-electron chi connectivity index (χ1n) is 8.58. The summed E-state index contributed by atoms with van der Waals surface area (Å²) in [6.45, 7) is 0. The monoisotopic (exact) mass is 378 g/mol. The first-order chi connectivity index (χ1) is 13.1. The summed E-state index contributed by atoms with van der Waals surface area (Å²) >= 11 is 5.98. The Morgan fingerprint density at radius 2 is 1.52 bits per heavy atom. The van der Waals surface area contributed by atoms with Gasteiger partial charge in [0.2, 0.25) is 5.91 Å². The molecule has 0 spiro atoms. The van der Waals surface area contributed by atoms with Crippen molar-refractivity contribution in [2.75, 3.05) is 5.32 Å². The maximum Gasteiger partial charge on any atom is 0.251 e. The molecule has 3 aromatic rings. The van der Waals surface area contributed by atoms with Crippen LogP contribution in [0.25, 0.3) is 0 Å². The third kappa shape index (κ3) is 5.43. The van der Waals surface area contributed by atoms with Crippen LogP contribution in [-0.2, 0) is 11.2 Å². The summed E-state index contributed by atoms with van der Waals surface area (Å²) in [6.07, 6.45) is 0.381. The van der Waals surface area contributed by atoms with Crippen LogP contribution in [0, 0.1) is 0 Å². The molecule has 0 heterocycles. The normalized spacial score (nSPS) is 11.4. The molecule has 136 valence electrons. The fourth-order valence-electron chi connectivity index (χ4n) is 2.69. The molecule has 0 aromatic heterocycles. The van der Waals surface area contributed by atoms with E-state index in [1.165, 1.54) is 0 Å². The van der Waals surface area contributed by atoms with Crippen molar-refractivity contribution in [3.05, 3.63) is 101 Å². The molecule has 3 aromatic carbocycles. The van der Waals surface area contributed by atoms with Crippen molar-refractivity contribution < 1.29 is 9.59 Å². The van der Waals surface area contributed by atoms with Gasteiger partial charge >= 0.3 is 0 Å². The minimum Gasteiger partial charge on any atom is -0.340 e. The molecule has 0 bridgehead atoms. The quantitative estimate of drug-likeness (QED) is 0.671. The van der Waals surface area contributed by atoms with Crippen molar-refractivity contribution in [2.24, 2.45) is 0 Å². The Morgan fingerprint density at radius 3 is 2.19 bits per heavy atom. The number of anilines is 1. The van der Waals surface area contributed by atoms with E-state index in [-0.39, 0.29) is 11.8 Å². The SMILES string of the molecule is O=C(NC(Cc1ccccc1)C(=O)Nc1cccc(Cl)c1)c1ccccc1. The first kappa shape index (κ1) is 18.7. The molecule has 2 amide bonds. The number of carbonyl (C=O) groups excluding carboxylic acids is 2. The van der Waals surface area contributed by atoms with Crippen molar-refractivity contribution >= 4 is 29.1 Å². The zero-order valence-corrected chi connectivity index (χ0v) is 15.3. The molecule has 0 aliphatic heterocycles. The van der Waals surface area contributed by atoms with Gasteiger partial charge in [0.25, 0.3) is 5.91 Å². The number of hydrogen-bond donors (Lipinski definition) is 2. The molecule has 4 nitrogen and oxygen atoms in total. The fraction of sp³-hybridized carbons (Fsp3) is 0.0909. The van der Waals surface area contributed by atoms with Gasteiger partial charge in [-0.2, -0.15) is 0 Å². The number of halogens is 1. The predicted molar refractivity (Wildman–Crippen MR) is 108 cm³/mol. The van der Waals surface area contributed by atoms with Crippen molar-refractivity contribution in [1.82, 2.24) is 5.32 Å². The second-order valence-corrected chi connectivity index (χ2v) is 6.52. The number of hydrogen-bond acceptors (Lipinski definition) is 2. The first-order valence-corrected chi connectivity index (χ1v) is 8.96. The Balaban J connectivity index is 1.78. The van der Waals surface area contributed by atoms with Crippen LogP contribution < -0.4 is 10.6 Å². The summed E-state index contributed by atoms with van der Waals surface area (Å²) in [5, 5.41) is 6.18. The summed E-state index contributed by atoms with van der Waals surface area (Å²) in [5.41, 5.74) is 2.04. The highest BCUT2D eigenvalue weighted by atomic mass is 35.5. The third-order valence-corrected chi connectivity index (χ3v) is 4.27. The molecule has 1 atom stereocenters. The lowest BCUT2D eigenvalue weighted by Gasteiger charge is -2.19. The third-order valence-electron chi connectivity index (χ3n) is 4.03. The summed E-state index contributed by atoms with van der Waals surface area (Å²) in [5.74, 6) is -0.594. The number of nitrogens with one attached hydrogen (secondary N) is 2. The molecular weight excluding hydrogens is 360 g/mol. The lowest BCUT2D eigenvalue weighted by Crippen LogP contribution is -2.45. The summed E-state index contributed by atoms with van der Waals surface area (Å²) in [7, 11) is 0. The highest BCUT2D eigenvalue weighted by Gasteiger charge is 2.22. The van der Waals surface area contributed by atoms with Crippen LogP contribution >= 0.6 is 11.6 Å². The van der Waals surface area contributed by atoms with Crippen LogP contribution in [0.2, 0.25) is 5.02 Å². The van der Waals surface area contributed by atoms with Gasteiger partial charge in [0, 0.05) is 22.7 Å². The molecular formula is C22H19ClN2O2. The zero-order chi connectivity index (χ0) is 19.1. The van der Waals surface area contributed by atoms with E-state index in [1.54, 1.807) is 48.5 Å². The van der Waals surface area contributed by atoms with E-state index >= 15 is 0 Å². The second kappa shape index (κ2) is 9.01. The zero-order valence-electron chi connectivity index (χ0n) is 14.6. The second-order valence-electron chi connectivity index (χ2n) is 6.08. The molecule has 0 aliphatic rings. The van der Waals surface area contributed by atoms with Gasteiger partial charge in [0.1, 0.15) is 6.04 Å². The molecule has 0 radical (unpaired) electrons. The topological polar surface area (TPSA) is 58.2 Å². The lowest BCUT2D eigenvalue weighted by atomic mass is 10.0. The van der Waals surface area contributed by atoms with E-state index in [4.69, 9.17) is 11.6 Å². The molecule has 27 heavy (non-hydrogen) atoms. The Labute approximate surface area is 163 Å². The average Bonchev–Trinajstić information content (AvgIpc) is 2.69. The van der Waals surface area contributed by atoms with Gasteiger partial charge in [0.05, 0.1) is 0 Å². The van der Waals surface area contributed by atoms with Gasteiger partial charge in [-0.05, 0) is 35.9 Å². The minimum atomic E-state index is -0.723. The van der Waals surface area contributed by atoms with Crippen molar-refractivity contribution in [3.63, 3.8) is 0 Å². The number of rotatable bonds is 6. The Bertz CT molecular complexity index is 914. The average molecular weight is 379 g/mol. The van der Waals surface area contributed by atoms with E-state index in [1.807, 2.05) is 36.4 Å².